The smallest absolute Gasteiger partial charge is 0.265 e. The molecular weight excluding hydrogens is 296 g/mol. The van der Waals surface area contributed by atoms with Crippen LogP contribution in [0.4, 0.5) is 0 Å². The molecule has 0 bridgehead atoms. The van der Waals surface area contributed by atoms with Crippen molar-refractivity contribution in [1.29, 1.82) is 0 Å². The summed E-state index contributed by atoms with van der Waals surface area (Å²) in [6.45, 7) is 1.68. The highest BCUT2D eigenvalue weighted by Gasteiger charge is 2.14. The quantitative estimate of drug-likeness (QED) is 0.816. The number of carbonyl (C=O) groups is 1. The van der Waals surface area contributed by atoms with Crippen LogP contribution >= 0.6 is 0 Å². The second-order valence-corrected chi connectivity index (χ2v) is 6.20. The molecule has 0 aromatic heterocycles. The number of benzene rings is 2. The zero-order valence-electron chi connectivity index (χ0n) is 13.9. The number of carbonyl (C=O) groups excluding carboxylic acids is 1. The van der Waals surface area contributed by atoms with Crippen LogP contribution in [-0.2, 0) is 6.42 Å². The third-order valence-corrected chi connectivity index (χ3v) is 4.40. The van der Waals surface area contributed by atoms with Gasteiger partial charge in [0.2, 0.25) is 0 Å². The summed E-state index contributed by atoms with van der Waals surface area (Å²) in [6, 6.07) is 20.0. The summed E-state index contributed by atoms with van der Waals surface area (Å²) in [5.74, 6) is -0.0310. The lowest BCUT2D eigenvalue weighted by atomic mass is 10.0. The van der Waals surface area contributed by atoms with E-state index in [-0.39, 0.29) is 5.91 Å². The van der Waals surface area contributed by atoms with E-state index in [2.05, 4.69) is 41.8 Å². The Kier molecular flexibility index (Phi) is 5.80. The molecule has 1 amide bonds. The van der Waals surface area contributed by atoms with E-state index >= 15 is 0 Å². The highest BCUT2D eigenvalue weighted by molar-refractivity contribution is 5.93. The molecule has 1 heterocycles. The topological polar surface area (TPSA) is 32.3 Å². The average molecular weight is 320 g/mol. The summed E-state index contributed by atoms with van der Waals surface area (Å²) in [7, 11) is 0. The van der Waals surface area contributed by atoms with Crippen molar-refractivity contribution in [1.82, 2.24) is 10.4 Å². The molecule has 3 heteroatoms. The molecule has 124 valence electrons. The molecule has 0 spiro atoms. The zero-order valence-corrected chi connectivity index (χ0v) is 13.9. The highest BCUT2D eigenvalue weighted by Crippen LogP contribution is 2.17. The minimum atomic E-state index is -0.0310. The molecule has 0 saturated heterocycles. The van der Waals surface area contributed by atoms with Gasteiger partial charge < -0.3 is 0 Å². The van der Waals surface area contributed by atoms with Gasteiger partial charge in [-0.05, 0) is 43.4 Å². The summed E-state index contributed by atoms with van der Waals surface area (Å²) in [4.78, 5) is 12.1. The Balaban J connectivity index is 1.42. The second-order valence-electron chi connectivity index (χ2n) is 6.20. The number of hydrogen-bond donors (Lipinski definition) is 1. The number of hydrogen-bond acceptors (Lipinski definition) is 2. The van der Waals surface area contributed by atoms with Crippen LogP contribution in [0.5, 0.6) is 0 Å². The molecule has 24 heavy (non-hydrogen) atoms. The normalized spacial score (nSPS) is 14.9. The van der Waals surface area contributed by atoms with E-state index in [0.29, 0.717) is 5.56 Å². The molecule has 0 fully saturated rings. The fourth-order valence-electron chi connectivity index (χ4n) is 3.00. The third kappa shape index (κ3) is 4.80. The van der Waals surface area contributed by atoms with Crippen molar-refractivity contribution in [3.63, 3.8) is 0 Å². The molecule has 0 unspecified atom stereocenters. The fourth-order valence-corrected chi connectivity index (χ4v) is 3.00. The van der Waals surface area contributed by atoms with Crippen molar-refractivity contribution in [2.45, 2.75) is 25.7 Å². The SMILES string of the molecule is O=C(NN1CC=C(CCCc2ccccc2)CC1)c1ccccc1. The van der Waals surface area contributed by atoms with Gasteiger partial charge in [-0.15, -0.1) is 0 Å². The van der Waals surface area contributed by atoms with Gasteiger partial charge in [0, 0.05) is 18.7 Å². The lowest BCUT2D eigenvalue weighted by Crippen LogP contribution is -2.44. The third-order valence-electron chi connectivity index (χ3n) is 4.40. The molecule has 2 aromatic carbocycles. The maximum atomic E-state index is 12.1. The minimum absolute atomic E-state index is 0.0310. The average Bonchev–Trinajstić information content (AvgIpc) is 2.65. The van der Waals surface area contributed by atoms with Gasteiger partial charge in [0.15, 0.2) is 0 Å². The van der Waals surface area contributed by atoms with Crippen LogP contribution in [0, 0.1) is 0 Å². The molecule has 1 aliphatic heterocycles. The van der Waals surface area contributed by atoms with Gasteiger partial charge in [-0.1, -0.05) is 60.2 Å². The van der Waals surface area contributed by atoms with Crippen molar-refractivity contribution in [3.05, 3.63) is 83.4 Å². The van der Waals surface area contributed by atoms with E-state index in [1.54, 1.807) is 0 Å². The Morgan fingerprint density at radius 1 is 0.958 bits per heavy atom. The van der Waals surface area contributed by atoms with Gasteiger partial charge in [0.05, 0.1) is 0 Å². The predicted octanol–water partition coefficient (Wildman–Crippen LogP) is 3.99. The van der Waals surface area contributed by atoms with E-state index in [1.807, 2.05) is 35.3 Å². The molecule has 1 N–H and O–H groups in total. The summed E-state index contributed by atoms with van der Waals surface area (Å²) in [5, 5.41) is 2.00. The van der Waals surface area contributed by atoms with Crippen molar-refractivity contribution in [3.8, 4) is 0 Å². The van der Waals surface area contributed by atoms with E-state index in [4.69, 9.17) is 0 Å². The summed E-state index contributed by atoms with van der Waals surface area (Å²) in [5.41, 5.74) is 6.61. The molecule has 3 nitrogen and oxygen atoms in total. The molecule has 0 radical (unpaired) electrons. The lowest BCUT2D eigenvalue weighted by molar-refractivity contribution is 0.0801. The van der Waals surface area contributed by atoms with Crippen LogP contribution in [0.25, 0.3) is 0 Å². The van der Waals surface area contributed by atoms with Gasteiger partial charge >= 0.3 is 0 Å². The summed E-state index contributed by atoms with van der Waals surface area (Å²) >= 11 is 0. The fraction of sp³-hybridized carbons (Fsp3) is 0.286. The predicted molar refractivity (Wildman–Crippen MR) is 97.6 cm³/mol. The van der Waals surface area contributed by atoms with Gasteiger partial charge in [0.1, 0.15) is 0 Å². The Morgan fingerprint density at radius 3 is 2.33 bits per heavy atom. The molecule has 0 atom stereocenters. The van der Waals surface area contributed by atoms with E-state index in [9.17, 15) is 4.79 Å². The molecule has 2 aromatic rings. The Morgan fingerprint density at radius 2 is 1.67 bits per heavy atom. The molecule has 1 aliphatic rings. The molecule has 3 rings (SSSR count). The first-order valence-corrected chi connectivity index (χ1v) is 8.64. The van der Waals surface area contributed by atoms with Crippen LogP contribution in [0.3, 0.4) is 0 Å². The summed E-state index contributed by atoms with van der Waals surface area (Å²) < 4.78 is 0. The molecular formula is C21H24N2O. The second kappa shape index (κ2) is 8.46. The van der Waals surface area contributed by atoms with Crippen LogP contribution in [0.1, 0.15) is 35.2 Å². The highest BCUT2D eigenvalue weighted by atomic mass is 16.2. The number of rotatable bonds is 6. The van der Waals surface area contributed by atoms with Crippen molar-refractivity contribution < 1.29 is 4.79 Å². The Bertz CT molecular complexity index is 679. The monoisotopic (exact) mass is 320 g/mol. The molecule has 0 saturated carbocycles. The minimum Gasteiger partial charge on any atom is -0.284 e. The van der Waals surface area contributed by atoms with Crippen molar-refractivity contribution >= 4 is 5.91 Å². The summed E-state index contributed by atoms with van der Waals surface area (Å²) in [6.07, 6.45) is 6.76. The number of nitrogens with zero attached hydrogens (tertiary/aromatic N) is 1. The number of amides is 1. The van der Waals surface area contributed by atoms with Crippen LogP contribution in [-0.4, -0.2) is 24.0 Å². The maximum absolute atomic E-state index is 12.1. The zero-order chi connectivity index (χ0) is 16.6. The van der Waals surface area contributed by atoms with Crippen LogP contribution in [0.2, 0.25) is 0 Å². The van der Waals surface area contributed by atoms with Crippen LogP contribution < -0.4 is 5.43 Å². The molecule has 0 aliphatic carbocycles. The number of aryl methyl sites for hydroxylation is 1. The van der Waals surface area contributed by atoms with Gasteiger partial charge in [-0.3, -0.25) is 10.2 Å². The Labute approximate surface area is 144 Å². The largest absolute Gasteiger partial charge is 0.284 e. The van der Waals surface area contributed by atoms with E-state index < -0.39 is 0 Å². The first-order chi connectivity index (χ1) is 11.8. The number of hydrazine groups is 1. The number of nitrogens with one attached hydrogen (secondary N) is 1. The van der Waals surface area contributed by atoms with Crippen molar-refractivity contribution in [2.24, 2.45) is 0 Å². The van der Waals surface area contributed by atoms with Crippen LogP contribution in [0.15, 0.2) is 72.3 Å². The van der Waals surface area contributed by atoms with E-state index in [1.165, 1.54) is 17.6 Å². The lowest BCUT2D eigenvalue weighted by Gasteiger charge is -2.26. The van der Waals surface area contributed by atoms with Gasteiger partial charge in [-0.2, -0.15) is 0 Å². The Hall–Kier alpha value is -2.39. The van der Waals surface area contributed by atoms with E-state index in [0.717, 1.165) is 32.4 Å². The van der Waals surface area contributed by atoms with Gasteiger partial charge in [0.25, 0.3) is 5.91 Å². The maximum Gasteiger partial charge on any atom is 0.265 e. The van der Waals surface area contributed by atoms with Gasteiger partial charge in [-0.25, -0.2) is 5.01 Å². The first-order valence-electron chi connectivity index (χ1n) is 8.64. The van der Waals surface area contributed by atoms with Crippen molar-refractivity contribution in [2.75, 3.05) is 13.1 Å². The standard InChI is InChI=1S/C21H24N2O/c24-21(20-12-5-2-6-13-20)22-23-16-14-19(15-17-23)11-7-10-18-8-3-1-4-9-18/h1-6,8-9,12-14H,7,10-11,15-17H2,(H,22,24). The first kappa shape index (κ1) is 16.5.